The summed E-state index contributed by atoms with van der Waals surface area (Å²) in [4.78, 5) is 18.3. The van der Waals surface area contributed by atoms with E-state index in [2.05, 4.69) is 25.6 Å². The van der Waals surface area contributed by atoms with Gasteiger partial charge in [0.15, 0.2) is 5.82 Å². The number of nitrogens with zero attached hydrogens (tertiary/aromatic N) is 4. The molecule has 0 amide bonds. The van der Waals surface area contributed by atoms with Crippen LogP contribution in [0.4, 0.5) is 11.5 Å². The zero-order valence-electron chi connectivity index (χ0n) is 24.1. The van der Waals surface area contributed by atoms with Crippen LogP contribution in [0, 0.1) is 13.8 Å². The molecular weight excluding hydrogens is 568 g/mol. The first-order valence-electron chi connectivity index (χ1n) is 13.7. The number of halogens is 1. The average Bonchev–Trinajstić information content (AvgIpc) is 3.03. The van der Waals surface area contributed by atoms with E-state index in [1.54, 1.807) is 6.20 Å². The van der Waals surface area contributed by atoms with E-state index in [0.29, 0.717) is 39.3 Å². The molecule has 5 rings (SSSR count). The van der Waals surface area contributed by atoms with Gasteiger partial charge in [0.05, 0.1) is 48.7 Å². The summed E-state index contributed by atoms with van der Waals surface area (Å²) in [5.41, 5.74) is 5.89. The van der Waals surface area contributed by atoms with Gasteiger partial charge in [-0.2, -0.15) is 0 Å². The number of methoxy groups -OCH3 is 1. The van der Waals surface area contributed by atoms with Crippen molar-refractivity contribution < 1.29 is 20.1 Å². The number of aryl methyl sites for hydroxylation is 1. The number of nitrogens with one attached hydrogen (secondary N) is 2. The second-order valence-electron chi connectivity index (χ2n) is 10.2. The summed E-state index contributed by atoms with van der Waals surface area (Å²) in [6.45, 7) is 2.79. The lowest BCUT2D eigenvalue weighted by Gasteiger charge is -2.29. The molecular formula is C32H33ClN6O4. The van der Waals surface area contributed by atoms with Crippen LogP contribution in [0.3, 0.4) is 0 Å². The fourth-order valence-corrected chi connectivity index (χ4v) is 5.15. The van der Waals surface area contributed by atoms with Crippen molar-refractivity contribution in [3.05, 3.63) is 88.8 Å². The lowest BCUT2D eigenvalue weighted by molar-refractivity contribution is 0.0412. The molecule has 0 aliphatic heterocycles. The molecule has 0 bridgehead atoms. The Balaban J connectivity index is 1.47. The van der Waals surface area contributed by atoms with E-state index in [4.69, 9.17) is 21.3 Å². The molecule has 0 saturated heterocycles. The van der Waals surface area contributed by atoms with Gasteiger partial charge in [-0.3, -0.25) is 4.98 Å². The summed E-state index contributed by atoms with van der Waals surface area (Å²) in [5, 5.41) is 35.9. The lowest BCUT2D eigenvalue weighted by Crippen LogP contribution is -2.54. The van der Waals surface area contributed by atoms with Gasteiger partial charge in [0.2, 0.25) is 5.88 Å². The number of rotatable bonds is 11. The van der Waals surface area contributed by atoms with Crippen molar-refractivity contribution in [2.24, 2.45) is 0 Å². The highest BCUT2D eigenvalue weighted by atomic mass is 35.5. The summed E-state index contributed by atoms with van der Waals surface area (Å²) in [6, 6.07) is 19.2. The molecule has 3 aromatic heterocycles. The Labute approximate surface area is 254 Å². The predicted octanol–water partition coefficient (Wildman–Crippen LogP) is 4.58. The van der Waals surface area contributed by atoms with Crippen LogP contribution < -0.4 is 15.4 Å². The summed E-state index contributed by atoms with van der Waals surface area (Å²) < 4.78 is 5.55. The molecule has 0 spiro atoms. The van der Waals surface area contributed by atoms with Gasteiger partial charge in [-0.25, -0.2) is 15.0 Å². The van der Waals surface area contributed by atoms with Gasteiger partial charge in [-0.1, -0.05) is 48.0 Å². The third-order valence-corrected chi connectivity index (χ3v) is 7.82. The highest BCUT2D eigenvalue weighted by molar-refractivity contribution is 6.36. The number of pyridine rings is 2. The van der Waals surface area contributed by atoms with E-state index >= 15 is 0 Å². The molecule has 2 aromatic carbocycles. The Morgan fingerprint density at radius 2 is 1.56 bits per heavy atom. The van der Waals surface area contributed by atoms with Crippen molar-refractivity contribution >= 4 is 34.1 Å². The number of aliphatic hydroxyl groups is 3. The van der Waals surface area contributed by atoms with Crippen LogP contribution in [0.15, 0.2) is 66.9 Å². The highest BCUT2D eigenvalue weighted by Gasteiger charge is 2.28. The second kappa shape index (κ2) is 13.0. The van der Waals surface area contributed by atoms with Crippen molar-refractivity contribution in [2.45, 2.75) is 25.9 Å². The van der Waals surface area contributed by atoms with E-state index in [9.17, 15) is 15.3 Å². The second-order valence-corrected chi connectivity index (χ2v) is 10.6. The smallest absolute Gasteiger partial charge is 0.218 e. The monoisotopic (exact) mass is 600 g/mol. The van der Waals surface area contributed by atoms with Crippen LogP contribution in [0.25, 0.3) is 33.4 Å². The highest BCUT2D eigenvalue weighted by Crippen LogP contribution is 2.40. The molecule has 0 aliphatic rings. The van der Waals surface area contributed by atoms with Crippen LogP contribution in [-0.2, 0) is 6.54 Å². The first kappa shape index (κ1) is 30.3. The number of anilines is 2. The quantitative estimate of drug-likeness (QED) is 0.146. The molecule has 10 nitrogen and oxygen atoms in total. The number of ether oxygens (including phenoxy) is 1. The molecule has 0 unspecified atom stereocenters. The maximum atomic E-state index is 9.63. The lowest BCUT2D eigenvalue weighted by atomic mass is 9.96. The standard InChI is InChI=1S/C32H33ClN6O4/c1-19-22(7-5-10-25(19)38-30-29-27(11-6-14-34-29)36-20(2)37-30)23-8-4-9-24(28(23)33)26-13-12-21(31(39-26)43-3)15-35-32(16-40,17-41)18-42/h4-14,35,40-42H,15-18H2,1-3H3,(H,36,37,38). The molecule has 0 aliphatic carbocycles. The zero-order valence-corrected chi connectivity index (χ0v) is 24.9. The van der Waals surface area contributed by atoms with Crippen LogP contribution in [0.5, 0.6) is 5.88 Å². The van der Waals surface area contributed by atoms with E-state index in [1.165, 1.54) is 7.11 Å². The minimum Gasteiger partial charge on any atom is -0.481 e. The summed E-state index contributed by atoms with van der Waals surface area (Å²) in [7, 11) is 1.52. The maximum absolute atomic E-state index is 9.63. The number of fused-ring (bicyclic) bond motifs is 1. The number of aliphatic hydroxyl groups excluding tert-OH is 3. The van der Waals surface area contributed by atoms with E-state index < -0.39 is 25.4 Å². The molecule has 43 heavy (non-hydrogen) atoms. The third kappa shape index (κ3) is 6.15. The number of aromatic nitrogens is 4. The first-order valence-corrected chi connectivity index (χ1v) is 14.1. The van der Waals surface area contributed by atoms with Crippen LogP contribution in [-0.4, -0.2) is 67.7 Å². The first-order chi connectivity index (χ1) is 20.8. The minimum atomic E-state index is -1.22. The van der Waals surface area contributed by atoms with Crippen molar-refractivity contribution in [3.63, 3.8) is 0 Å². The number of benzene rings is 2. The van der Waals surface area contributed by atoms with Gasteiger partial charge in [0.1, 0.15) is 11.3 Å². The molecule has 0 radical (unpaired) electrons. The topological polar surface area (TPSA) is 146 Å². The average molecular weight is 601 g/mol. The van der Waals surface area contributed by atoms with Gasteiger partial charge < -0.3 is 30.7 Å². The summed E-state index contributed by atoms with van der Waals surface area (Å²) >= 11 is 7.05. The van der Waals surface area contributed by atoms with Gasteiger partial charge >= 0.3 is 0 Å². The Morgan fingerprint density at radius 1 is 0.837 bits per heavy atom. The Bertz CT molecular complexity index is 1750. The van der Waals surface area contributed by atoms with Crippen molar-refractivity contribution in [3.8, 4) is 28.3 Å². The predicted molar refractivity (Wildman–Crippen MR) is 168 cm³/mol. The molecule has 0 atom stereocenters. The number of hydrogen-bond donors (Lipinski definition) is 5. The van der Waals surface area contributed by atoms with E-state index in [-0.39, 0.29) is 6.54 Å². The summed E-state index contributed by atoms with van der Waals surface area (Å²) in [6.07, 6.45) is 1.72. The normalized spacial score (nSPS) is 11.6. The van der Waals surface area contributed by atoms with Crippen LogP contribution in [0.1, 0.15) is 17.0 Å². The van der Waals surface area contributed by atoms with Gasteiger partial charge in [-0.15, -0.1) is 0 Å². The van der Waals surface area contributed by atoms with E-state index in [1.807, 2.05) is 74.5 Å². The maximum Gasteiger partial charge on any atom is 0.218 e. The molecule has 0 saturated carbocycles. The van der Waals surface area contributed by atoms with E-state index in [0.717, 1.165) is 33.5 Å². The molecule has 222 valence electrons. The SMILES string of the molecule is COc1nc(-c2cccc(-c3cccc(Nc4nc(C)nc5cccnc45)c3C)c2Cl)ccc1CNC(CO)(CO)CO. The Kier molecular flexibility index (Phi) is 9.14. The molecule has 5 aromatic rings. The molecule has 0 fully saturated rings. The van der Waals surface area contributed by atoms with Crippen molar-refractivity contribution in [2.75, 3.05) is 32.2 Å². The molecule has 3 heterocycles. The molecule has 11 heteroatoms. The fraction of sp³-hybridized carbons (Fsp3) is 0.250. The van der Waals surface area contributed by atoms with Crippen molar-refractivity contribution in [1.82, 2.24) is 25.3 Å². The van der Waals surface area contributed by atoms with Crippen LogP contribution >= 0.6 is 11.6 Å². The fourth-order valence-electron chi connectivity index (χ4n) is 4.83. The summed E-state index contributed by atoms with van der Waals surface area (Å²) in [5.74, 6) is 1.63. The van der Waals surface area contributed by atoms with Gasteiger partial charge in [-0.05, 0) is 49.2 Å². The third-order valence-electron chi connectivity index (χ3n) is 7.41. The largest absolute Gasteiger partial charge is 0.481 e. The van der Waals surface area contributed by atoms with Crippen molar-refractivity contribution in [1.29, 1.82) is 0 Å². The molecule has 5 N–H and O–H groups in total. The zero-order chi connectivity index (χ0) is 30.6. The van der Waals surface area contributed by atoms with Gasteiger partial charge in [0, 0.05) is 35.1 Å². The Morgan fingerprint density at radius 3 is 2.30 bits per heavy atom. The van der Waals surface area contributed by atoms with Crippen LogP contribution in [0.2, 0.25) is 5.02 Å². The number of hydrogen-bond acceptors (Lipinski definition) is 10. The van der Waals surface area contributed by atoms with Gasteiger partial charge in [0.25, 0.3) is 0 Å². The Hall–Kier alpha value is -4.19. The minimum absolute atomic E-state index is 0.210.